The number of fused-ring (bicyclic) bond motifs is 3. The van der Waals surface area contributed by atoms with E-state index in [4.69, 9.17) is 0 Å². The Balaban J connectivity index is 2.74. The van der Waals surface area contributed by atoms with E-state index in [0.29, 0.717) is 10.8 Å². The fourth-order valence-corrected chi connectivity index (χ4v) is 2.76. The second-order valence-corrected chi connectivity index (χ2v) is 6.01. The maximum absolute atomic E-state index is 12.9. The minimum atomic E-state index is -0.973. The van der Waals surface area contributed by atoms with Crippen LogP contribution in [0.3, 0.4) is 0 Å². The summed E-state index contributed by atoms with van der Waals surface area (Å²) < 4.78 is 1.16. The van der Waals surface area contributed by atoms with Crippen molar-refractivity contribution in [2.45, 2.75) is 19.4 Å². The number of hydrogen-bond acceptors (Lipinski definition) is 3. The minimum Gasteiger partial charge on any atom is -0.394 e. The van der Waals surface area contributed by atoms with Crippen molar-refractivity contribution in [1.29, 1.82) is 0 Å². The number of aliphatic hydroxyl groups excluding tert-OH is 1. The lowest BCUT2D eigenvalue weighted by Crippen LogP contribution is -2.45. The van der Waals surface area contributed by atoms with E-state index in [1.54, 1.807) is 38.1 Å². The summed E-state index contributed by atoms with van der Waals surface area (Å²) in [6, 6.07) is 14.4. The van der Waals surface area contributed by atoms with E-state index in [1.807, 2.05) is 24.3 Å². The summed E-state index contributed by atoms with van der Waals surface area (Å²) in [7, 11) is 0. The largest absolute Gasteiger partial charge is 0.394 e. The SMILES string of the molecule is CC(C)(CO)n1c(=O)c2ccccc2c2ccccc2c1=O. The molecule has 0 aliphatic carbocycles. The number of benzene rings is 2. The van der Waals surface area contributed by atoms with Crippen LogP contribution in [-0.4, -0.2) is 16.3 Å². The Kier molecular flexibility index (Phi) is 3.34. The molecule has 0 bridgehead atoms. The van der Waals surface area contributed by atoms with Gasteiger partial charge in [-0.3, -0.25) is 14.2 Å². The Morgan fingerprint density at radius 3 is 1.55 bits per heavy atom. The first-order valence-corrected chi connectivity index (χ1v) is 7.15. The highest BCUT2D eigenvalue weighted by atomic mass is 16.3. The molecule has 112 valence electrons. The molecular formula is C18H17NO3. The second kappa shape index (κ2) is 5.07. The number of aromatic nitrogens is 1. The third-order valence-electron chi connectivity index (χ3n) is 4.00. The Labute approximate surface area is 127 Å². The Bertz CT molecular complexity index is 914. The Hall–Kier alpha value is -2.46. The topological polar surface area (TPSA) is 59.3 Å². The van der Waals surface area contributed by atoms with E-state index in [1.165, 1.54) is 0 Å². The van der Waals surface area contributed by atoms with Crippen LogP contribution in [0, 0.1) is 0 Å². The van der Waals surface area contributed by atoms with E-state index >= 15 is 0 Å². The van der Waals surface area contributed by atoms with Crippen LogP contribution in [0.2, 0.25) is 0 Å². The number of hydrogen-bond donors (Lipinski definition) is 1. The molecule has 0 amide bonds. The molecule has 0 unspecified atom stereocenters. The summed E-state index contributed by atoms with van der Waals surface area (Å²) in [5.41, 5.74) is -1.73. The molecule has 3 aromatic rings. The third kappa shape index (κ3) is 2.04. The molecule has 4 nitrogen and oxygen atoms in total. The average Bonchev–Trinajstić information content (AvgIpc) is 2.63. The summed E-state index contributed by atoms with van der Waals surface area (Å²) in [6.45, 7) is 3.06. The van der Waals surface area contributed by atoms with Crippen molar-refractivity contribution in [2.75, 3.05) is 6.61 Å². The zero-order valence-electron chi connectivity index (χ0n) is 12.5. The predicted molar refractivity (Wildman–Crippen MR) is 88.4 cm³/mol. The van der Waals surface area contributed by atoms with Gasteiger partial charge in [-0.1, -0.05) is 36.4 Å². The van der Waals surface area contributed by atoms with Crippen molar-refractivity contribution in [3.63, 3.8) is 0 Å². The standard InChI is InChI=1S/C18H17NO3/c1-18(2,11-20)19-16(21)14-9-5-3-7-12(14)13-8-4-6-10-15(13)17(19)22/h3-10,20H,11H2,1-2H3. The van der Waals surface area contributed by atoms with E-state index in [0.717, 1.165) is 15.3 Å². The van der Waals surface area contributed by atoms with E-state index in [9.17, 15) is 14.7 Å². The minimum absolute atomic E-state index is 0.297. The summed E-state index contributed by atoms with van der Waals surface area (Å²) >= 11 is 0. The molecule has 0 saturated heterocycles. The van der Waals surface area contributed by atoms with Crippen molar-refractivity contribution in [3.05, 3.63) is 69.2 Å². The van der Waals surface area contributed by atoms with Crippen LogP contribution in [-0.2, 0) is 5.54 Å². The molecule has 0 spiro atoms. The smallest absolute Gasteiger partial charge is 0.261 e. The van der Waals surface area contributed by atoms with Crippen molar-refractivity contribution >= 4 is 21.5 Å². The molecule has 0 atom stereocenters. The Morgan fingerprint density at radius 2 is 1.18 bits per heavy atom. The van der Waals surface area contributed by atoms with Crippen molar-refractivity contribution in [3.8, 4) is 0 Å². The van der Waals surface area contributed by atoms with Gasteiger partial charge in [-0.25, -0.2) is 0 Å². The van der Waals surface area contributed by atoms with Crippen molar-refractivity contribution in [2.24, 2.45) is 0 Å². The highest BCUT2D eigenvalue weighted by molar-refractivity contribution is 6.05. The molecular weight excluding hydrogens is 278 g/mol. The number of nitrogens with zero attached hydrogens (tertiary/aromatic N) is 1. The van der Waals surface area contributed by atoms with Gasteiger partial charge in [-0.05, 0) is 36.8 Å². The van der Waals surface area contributed by atoms with Crippen LogP contribution < -0.4 is 11.1 Å². The fourth-order valence-electron chi connectivity index (χ4n) is 2.76. The number of aliphatic hydroxyl groups is 1. The van der Waals surface area contributed by atoms with Crippen LogP contribution in [0.25, 0.3) is 21.5 Å². The molecule has 3 rings (SSSR count). The van der Waals surface area contributed by atoms with E-state index in [-0.39, 0.29) is 17.7 Å². The summed E-state index contributed by atoms with van der Waals surface area (Å²) in [5, 5.41) is 12.1. The van der Waals surface area contributed by atoms with Crippen molar-refractivity contribution < 1.29 is 5.11 Å². The average molecular weight is 295 g/mol. The molecule has 22 heavy (non-hydrogen) atoms. The summed E-state index contributed by atoms with van der Waals surface area (Å²) in [5.74, 6) is 0. The van der Waals surface area contributed by atoms with Crippen LogP contribution >= 0.6 is 0 Å². The first-order chi connectivity index (χ1) is 10.5. The van der Waals surface area contributed by atoms with Gasteiger partial charge in [0.15, 0.2) is 0 Å². The molecule has 4 heteroatoms. The first kappa shape index (κ1) is 14.5. The van der Waals surface area contributed by atoms with Gasteiger partial charge in [-0.15, -0.1) is 0 Å². The molecule has 0 aliphatic heterocycles. The number of rotatable bonds is 2. The van der Waals surface area contributed by atoms with Gasteiger partial charge >= 0.3 is 0 Å². The maximum Gasteiger partial charge on any atom is 0.261 e. The quantitative estimate of drug-likeness (QED) is 0.789. The van der Waals surface area contributed by atoms with Gasteiger partial charge in [0.25, 0.3) is 11.1 Å². The van der Waals surface area contributed by atoms with E-state index < -0.39 is 5.54 Å². The van der Waals surface area contributed by atoms with Crippen LogP contribution in [0.15, 0.2) is 58.1 Å². The third-order valence-corrected chi connectivity index (χ3v) is 4.00. The predicted octanol–water partition coefficient (Wildman–Crippen LogP) is 2.24. The molecule has 0 radical (unpaired) electrons. The zero-order chi connectivity index (χ0) is 15.9. The summed E-state index contributed by atoms with van der Waals surface area (Å²) in [4.78, 5) is 25.8. The molecule has 0 fully saturated rings. The highest BCUT2D eigenvalue weighted by Gasteiger charge is 2.24. The first-order valence-electron chi connectivity index (χ1n) is 7.15. The lowest BCUT2D eigenvalue weighted by molar-refractivity contribution is 0.159. The second-order valence-electron chi connectivity index (χ2n) is 6.01. The Morgan fingerprint density at radius 1 is 0.818 bits per heavy atom. The monoisotopic (exact) mass is 295 g/mol. The molecule has 1 N–H and O–H groups in total. The maximum atomic E-state index is 12.9. The normalized spacial score (nSPS) is 12.0. The molecule has 0 aliphatic rings. The fraction of sp³-hybridized carbons (Fsp3) is 0.222. The van der Waals surface area contributed by atoms with Crippen LogP contribution in [0.4, 0.5) is 0 Å². The van der Waals surface area contributed by atoms with Gasteiger partial charge in [-0.2, -0.15) is 0 Å². The lowest BCUT2D eigenvalue weighted by Gasteiger charge is -2.23. The van der Waals surface area contributed by atoms with Crippen LogP contribution in [0.1, 0.15) is 13.8 Å². The zero-order valence-corrected chi connectivity index (χ0v) is 12.5. The molecule has 1 aromatic heterocycles. The van der Waals surface area contributed by atoms with Gasteiger partial charge in [0.2, 0.25) is 0 Å². The highest BCUT2D eigenvalue weighted by Crippen LogP contribution is 2.20. The molecule has 0 saturated carbocycles. The van der Waals surface area contributed by atoms with Gasteiger partial charge < -0.3 is 5.11 Å². The van der Waals surface area contributed by atoms with Gasteiger partial charge in [0.05, 0.1) is 12.1 Å². The van der Waals surface area contributed by atoms with E-state index in [2.05, 4.69) is 0 Å². The van der Waals surface area contributed by atoms with Crippen molar-refractivity contribution in [1.82, 2.24) is 4.57 Å². The summed E-state index contributed by atoms with van der Waals surface area (Å²) in [6.07, 6.45) is 0. The molecule has 2 aromatic carbocycles. The lowest BCUT2D eigenvalue weighted by atomic mass is 10.1. The van der Waals surface area contributed by atoms with Gasteiger partial charge in [0, 0.05) is 10.8 Å². The van der Waals surface area contributed by atoms with Gasteiger partial charge in [0.1, 0.15) is 0 Å². The molecule has 1 heterocycles. The van der Waals surface area contributed by atoms with Crippen LogP contribution in [0.5, 0.6) is 0 Å².